The maximum absolute atomic E-state index is 10.9. The number of rotatable bonds is 11. The quantitative estimate of drug-likeness (QED) is 0.441. The standard InChI is InChI=1S/C10H22O6Si/c1-4-17(9-10(11)12,15-7-5-13-2)16-8-6-14-3/h4-9H2,1-3H3,(H,11,12). The summed E-state index contributed by atoms with van der Waals surface area (Å²) in [5.74, 6) is -0.895. The molecule has 0 saturated heterocycles. The maximum atomic E-state index is 10.9. The van der Waals surface area contributed by atoms with Crippen LogP contribution in [0.25, 0.3) is 0 Å². The van der Waals surface area contributed by atoms with Gasteiger partial charge in [-0.05, 0) is 6.04 Å². The molecule has 0 unspecified atom stereocenters. The van der Waals surface area contributed by atoms with Gasteiger partial charge in [-0.25, -0.2) is 0 Å². The number of carboxylic acids is 1. The van der Waals surface area contributed by atoms with Crippen molar-refractivity contribution >= 4 is 14.5 Å². The molecule has 0 fully saturated rings. The Balaban J connectivity index is 4.33. The molecule has 0 heterocycles. The number of hydrogen-bond donors (Lipinski definition) is 1. The highest BCUT2D eigenvalue weighted by Crippen LogP contribution is 2.19. The summed E-state index contributed by atoms with van der Waals surface area (Å²) in [5.41, 5.74) is 0. The summed E-state index contributed by atoms with van der Waals surface area (Å²) in [6, 6.07) is 0.531. The van der Waals surface area contributed by atoms with Crippen LogP contribution in [-0.4, -0.2) is 60.3 Å². The van der Waals surface area contributed by atoms with Crippen molar-refractivity contribution in [3.63, 3.8) is 0 Å². The van der Waals surface area contributed by atoms with Crippen LogP contribution in [0.15, 0.2) is 0 Å². The van der Waals surface area contributed by atoms with E-state index in [4.69, 9.17) is 23.4 Å². The van der Waals surface area contributed by atoms with E-state index in [1.165, 1.54) is 0 Å². The second kappa shape index (κ2) is 9.55. The molecule has 1 N–H and O–H groups in total. The maximum Gasteiger partial charge on any atom is 0.349 e. The molecule has 0 atom stereocenters. The number of carbonyl (C=O) groups is 1. The molecule has 102 valence electrons. The van der Waals surface area contributed by atoms with Crippen molar-refractivity contribution in [3.8, 4) is 0 Å². The lowest BCUT2D eigenvalue weighted by molar-refractivity contribution is -0.135. The molecular formula is C10H22O6Si. The first kappa shape index (κ1) is 16.5. The van der Waals surface area contributed by atoms with Crippen LogP contribution in [0.3, 0.4) is 0 Å². The molecule has 0 amide bonds. The van der Waals surface area contributed by atoms with Crippen LogP contribution >= 0.6 is 0 Å². The molecule has 17 heavy (non-hydrogen) atoms. The summed E-state index contributed by atoms with van der Waals surface area (Å²) in [6.45, 7) is 3.46. The van der Waals surface area contributed by atoms with Gasteiger partial charge in [0.25, 0.3) is 0 Å². The second-order valence-electron chi connectivity index (χ2n) is 3.52. The molecule has 0 aliphatic heterocycles. The Morgan fingerprint density at radius 2 is 1.53 bits per heavy atom. The molecule has 7 heteroatoms. The summed E-state index contributed by atoms with van der Waals surface area (Å²) in [5, 5.41) is 8.91. The van der Waals surface area contributed by atoms with Crippen molar-refractivity contribution in [2.75, 3.05) is 40.6 Å². The van der Waals surface area contributed by atoms with Gasteiger partial charge in [-0.15, -0.1) is 0 Å². The molecular weight excluding hydrogens is 244 g/mol. The zero-order valence-corrected chi connectivity index (χ0v) is 11.7. The lowest BCUT2D eigenvalue weighted by atomic mass is 10.8. The van der Waals surface area contributed by atoms with Crippen LogP contribution in [0.4, 0.5) is 0 Å². The second-order valence-corrected chi connectivity index (χ2v) is 6.98. The molecule has 6 nitrogen and oxygen atoms in total. The largest absolute Gasteiger partial charge is 0.481 e. The number of aliphatic carboxylic acids is 1. The smallest absolute Gasteiger partial charge is 0.349 e. The first-order chi connectivity index (χ1) is 8.10. The molecule has 0 aliphatic carbocycles. The normalized spacial score (nSPS) is 11.7. The van der Waals surface area contributed by atoms with E-state index in [0.717, 1.165) is 0 Å². The van der Waals surface area contributed by atoms with Crippen molar-refractivity contribution in [3.05, 3.63) is 0 Å². The first-order valence-electron chi connectivity index (χ1n) is 5.57. The molecule has 0 radical (unpaired) electrons. The van der Waals surface area contributed by atoms with Crippen molar-refractivity contribution in [2.45, 2.75) is 19.0 Å². The molecule has 0 rings (SSSR count). The molecule has 0 aromatic rings. The van der Waals surface area contributed by atoms with Crippen LogP contribution in [0.5, 0.6) is 0 Å². The van der Waals surface area contributed by atoms with Crippen molar-refractivity contribution in [1.29, 1.82) is 0 Å². The third kappa shape index (κ3) is 7.45. The molecule has 0 aromatic heterocycles. The minimum atomic E-state index is -2.67. The zero-order chi connectivity index (χ0) is 13.1. The average Bonchev–Trinajstić information content (AvgIpc) is 2.28. The first-order valence-corrected chi connectivity index (χ1v) is 7.81. The monoisotopic (exact) mass is 266 g/mol. The minimum absolute atomic E-state index is 0.0586. The molecule has 0 aliphatic rings. The molecule has 0 bridgehead atoms. The van der Waals surface area contributed by atoms with Gasteiger partial charge in [0, 0.05) is 14.2 Å². The molecule has 0 aromatic carbocycles. The van der Waals surface area contributed by atoms with Crippen LogP contribution in [0, 0.1) is 0 Å². The topological polar surface area (TPSA) is 74.2 Å². The summed E-state index contributed by atoms with van der Waals surface area (Å²) in [7, 11) is 0.475. The van der Waals surface area contributed by atoms with Crippen LogP contribution in [0.1, 0.15) is 6.92 Å². The summed E-state index contributed by atoms with van der Waals surface area (Å²) in [6.07, 6.45) is 0. The molecule has 0 spiro atoms. The van der Waals surface area contributed by atoms with Crippen LogP contribution < -0.4 is 0 Å². The Kier molecular flexibility index (Phi) is 9.28. The third-order valence-electron chi connectivity index (χ3n) is 2.26. The van der Waals surface area contributed by atoms with E-state index < -0.39 is 14.5 Å². The Hall–Kier alpha value is -0.473. The lowest BCUT2D eigenvalue weighted by Gasteiger charge is -2.28. The van der Waals surface area contributed by atoms with Gasteiger partial charge in [-0.2, -0.15) is 0 Å². The van der Waals surface area contributed by atoms with E-state index in [2.05, 4.69) is 0 Å². The lowest BCUT2D eigenvalue weighted by Crippen LogP contribution is -2.45. The van der Waals surface area contributed by atoms with E-state index in [9.17, 15) is 4.79 Å². The highest BCUT2D eigenvalue weighted by atomic mass is 28.4. The van der Waals surface area contributed by atoms with E-state index in [1.807, 2.05) is 6.92 Å². The van der Waals surface area contributed by atoms with Gasteiger partial charge >= 0.3 is 14.5 Å². The highest BCUT2D eigenvalue weighted by molar-refractivity contribution is 6.70. The van der Waals surface area contributed by atoms with Gasteiger partial charge < -0.3 is 23.4 Å². The van der Waals surface area contributed by atoms with Gasteiger partial charge in [-0.3, -0.25) is 4.79 Å². The predicted octanol–water partition coefficient (Wildman–Crippen LogP) is 0.859. The summed E-state index contributed by atoms with van der Waals surface area (Å²) in [4.78, 5) is 10.9. The SMILES string of the molecule is CC[Si](CC(=O)O)(OCCOC)OCCOC. The Labute approximate surface area is 103 Å². The number of carboxylic acid groups (broad SMARTS) is 1. The van der Waals surface area contributed by atoms with E-state index in [0.29, 0.717) is 32.5 Å². The van der Waals surface area contributed by atoms with Gasteiger partial charge in [0.2, 0.25) is 0 Å². The predicted molar refractivity (Wildman–Crippen MR) is 64.3 cm³/mol. The number of hydrogen-bond acceptors (Lipinski definition) is 5. The van der Waals surface area contributed by atoms with E-state index in [-0.39, 0.29) is 6.04 Å². The molecule has 0 saturated carbocycles. The van der Waals surface area contributed by atoms with Crippen molar-refractivity contribution in [1.82, 2.24) is 0 Å². The number of methoxy groups -OCH3 is 2. The Morgan fingerprint density at radius 1 is 1.06 bits per heavy atom. The average molecular weight is 266 g/mol. The fourth-order valence-corrected chi connectivity index (χ4v) is 3.64. The van der Waals surface area contributed by atoms with E-state index >= 15 is 0 Å². The number of ether oxygens (including phenoxy) is 2. The van der Waals surface area contributed by atoms with Gasteiger partial charge in [-0.1, -0.05) is 6.92 Å². The van der Waals surface area contributed by atoms with Crippen LogP contribution in [-0.2, 0) is 23.1 Å². The summed E-state index contributed by atoms with van der Waals surface area (Å²) >= 11 is 0. The van der Waals surface area contributed by atoms with E-state index in [1.54, 1.807) is 14.2 Å². The van der Waals surface area contributed by atoms with Crippen LogP contribution in [0.2, 0.25) is 12.1 Å². The van der Waals surface area contributed by atoms with Gasteiger partial charge in [0.15, 0.2) is 0 Å². The minimum Gasteiger partial charge on any atom is -0.481 e. The van der Waals surface area contributed by atoms with Gasteiger partial charge in [0.05, 0.1) is 32.5 Å². The highest BCUT2D eigenvalue weighted by Gasteiger charge is 2.38. The Bertz CT molecular complexity index is 201. The van der Waals surface area contributed by atoms with Gasteiger partial charge in [0.1, 0.15) is 0 Å². The fraction of sp³-hybridized carbons (Fsp3) is 0.900. The van der Waals surface area contributed by atoms with Crippen molar-refractivity contribution < 1.29 is 28.2 Å². The van der Waals surface area contributed by atoms with Crippen molar-refractivity contribution in [2.24, 2.45) is 0 Å². The third-order valence-corrected chi connectivity index (χ3v) is 5.64. The zero-order valence-electron chi connectivity index (χ0n) is 10.7. The summed E-state index contributed by atoms with van der Waals surface area (Å²) < 4.78 is 21.0. The fourth-order valence-electron chi connectivity index (χ4n) is 1.33. The Morgan fingerprint density at radius 3 is 1.82 bits per heavy atom.